The fourth-order valence-electron chi connectivity index (χ4n) is 1.97. The van der Waals surface area contributed by atoms with Gasteiger partial charge < -0.3 is 19.5 Å². The molecule has 0 bridgehead atoms. The van der Waals surface area contributed by atoms with Gasteiger partial charge in [-0.3, -0.25) is 14.9 Å². The predicted octanol–water partition coefficient (Wildman–Crippen LogP) is 2.41. The Kier molecular flexibility index (Phi) is 8.58. The van der Waals surface area contributed by atoms with Gasteiger partial charge in [0.25, 0.3) is 5.91 Å². The molecule has 150 valence electrons. The average Bonchev–Trinajstić information content (AvgIpc) is 2.57. The highest BCUT2D eigenvalue weighted by Crippen LogP contribution is 2.17. The van der Waals surface area contributed by atoms with Crippen LogP contribution in [0.15, 0.2) is 24.3 Å². The minimum absolute atomic E-state index is 0.0992. The molecule has 0 saturated carbocycles. The lowest BCUT2D eigenvalue weighted by Crippen LogP contribution is -2.50. The van der Waals surface area contributed by atoms with Gasteiger partial charge in [0.1, 0.15) is 11.5 Å². The molecule has 27 heavy (non-hydrogen) atoms. The Morgan fingerprint density at radius 1 is 1.07 bits per heavy atom. The third-order valence-corrected chi connectivity index (χ3v) is 3.26. The zero-order valence-corrected chi connectivity index (χ0v) is 16.5. The van der Waals surface area contributed by atoms with E-state index in [-0.39, 0.29) is 6.42 Å². The van der Waals surface area contributed by atoms with E-state index < -0.39 is 29.6 Å². The maximum Gasteiger partial charge on any atom is 0.321 e. The van der Waals surface area contributed by atoms with Crippen molar-refractivity contribution in [2.45, 2.75) is 52.2 Å². The first-order valence-electron chi connectivity index (χ1n) is 8.70. The summed E-state index contributed by atoms with van der Waals surface area (Å²) in [5, 5.41) is 4.73. The lowest BCUT2D eigenvalue weighted by Gasteiger charge is -2.21. The molecule has 0 spiro atoms. The number of carbonyl (C=O) groups excluding carboxylic acids is 3. The zero-order valence-electron chi connectivity index (χ0n) is 16.5. The van der Waals surface area contributed by atoms with Crippen molar-refractivity contribution >= 4 is 17.9 Å². The van der Waals surface area contributed by atoms with Gasteiger partial charge in [-0.2, -0.15) is 0 Å². The molecule has 0 aromatic heterocycles. The Morgan fingerprint density at radius 3 is 2.22 bits per heavy atom. The van der Waals surface area contributed by atoms with Crippen molar-refractivity contribution in [2.24, 2.45) is 0 Å². The highest BCUT2D eigenvalue weighted by atomic mass is 16.5. The van der Waals surface area contributed by atoms with Crippen molar-refractivity contribution in [2.75, 3.05) is 13.7 Å². The molecular formula is C19H28N2O6. The van der Waals surface area contributed by atoms with Crippen LogP contribution >= 0.6 is 0 Å². The van der Waals surface area contributed by atoms with Crippen LogP contribution in [0.2, 0.25) is 0 Å². The van der Waals surface area contributed by atoms with Crippen molar-refractivity contribution in [1.29, 1.82) is 0 Å². The van der Waals surface area contributed by atoms with Gasteiger partial charge in [0.2, 0.25) is 0 Å². The lowest BCUT2D eigenvalue weighted by atomic mass is 10.1. The maximum absolute atomic E-state index is 11.9. The van der Waals surface area contributed by atoms with Crippen molar-refractivity contribution in [3.63, 3.8) is 0 Å². The van der Waals surface area contributed by atoms with Crippen molar-refractivity contribution < 1.29 is 28.6 Å². The number of rotatable bonds is 8. The number of carbonyl (C=O) groups is 3. The Labute approximate surface area is 159 Å². The van der Waals surface area contributed by atoms with Crippen molar-refractivity contribution in [3.8, 4) is 11.5 Å². The molecule has 8 nitrogen and oxygen atoms in total. The standard InChI is InChI=1S/C19H28N2O6/c1-13(17(23)20-18(24)21-19(2,3)4)27-16(22)7-6-12-26-15-10-8-14(25-5)9-11-15/h8-11,13H,6-7,12H2,1-5H3,(H2,20,21,23,24)/t13-/m0/s1. The van der Waals surface area contributed by atoms with Gasteiger partial charge in [0.15, 0.2) is 6.10 Å². The minimum Gasteiger partial charge on any atom is -0.497 e. The van der Waals surface area contributed by atoms with E-state index in [1.165, 1.54) is 6.92 Å². The van der Waals surface area contributed by atoms with Crippen LogP contribution < -0.4 is 20.1 Å². The largest absolute Gasteiger partial charge is 0.497 e. The quantitative estimate of drug-likeness (QED) is 0.530. The van der Waals surface area contributed by atoms with Gasteiger partial charge in [-0.25, -0.2) is 4.79 Å². The Balaban J connectivity index is 2.26. The molecule has 0 fully saturated rings. The number of amides is 3. The summed E-state index contributed by atoms with van der Waals surface area (Å²) in [6.45, 7) is 7.10. The van der Waals surface area contributed by atoms with Gasteiger partial charge in [0.05, 0.1) is 13.7 Å². The molecule has 1 aromatic carbocycles. The summed E-state index contributed by atoms with van der Waals surface area (Å²) in [6.07, 6.45) is -0.531. The number of benzene rings is 1. The fourth-order valence-corrected chi connectivity index (χ4v) is 1.97. The van der Waals surface area contributed by atoms with Crippen molar-refractivity contribution in [1.82, 2.24) is 10.6 Å². The number of methoxy groups -OCH3 is 1. The number of esters is 1. The molecule has 2 N–H and O–H groups in total. The van der Waals surface area contributed by atoms with Crippen LogP contribution in [0.4, 0.5) is 4.79 Å². The molecule has 0 unspecified atom stereocenters. The van der Waals surface area contributed by atoms with Crippen LogP contribution in [0.1, 0.15) is 40.5 Å². The molecule has 0 radical (unpaired) electrons. The van der Waals surface area contributed by atoms with E-state index in [0.717, 1.165) is 5.75 Å². The number of hydrogen-bond donors (Lipinski definition) is 2. The smallest absolute Gasteiger partial charge is 0.321 e. The number of hydrogen-bond acceptors (Lipinski definition) is 6. The number of nitrogens with one attached hydrogen (secondary N) is 2. The zero-order chi connectivity index (χ0) is 20.4. The molecule has 1 atom stereocenters. The van der Waals surface area contributed by atoms with Crippen LogP contribution in [-0.4, -0.2) is 43.3 Å². The van der Waals surface area contributed by atoms with E-state index in [9.17, 15) is 14.4 Å². The first-order valence-corrected chi connectivity index (χ1v) is 8.70. The Hall–Kier alpha value is -2.77. The summed E-state index contributed by atoms with van der Waals surface area (Å²) < 4.78 is 15.6. The van der Waals surface area contributed by atoms with Crippen LogP contribution in [-0.2, 0) is 14.3 Å². The third-order valence-electron chi connectivity index (χ3n) is 3.26. The molecule has 3 amide bonds. The third kappa shape index (κ3) is 9.48. The van der Waals surface area contributed by atoms with Crippen LogP contribution in [0.5, 0.6) is 11.5 Å². The first-order chi connectivity index (χ1) is 12.6. The normalized spacial score (nSPS) is 11.9. The monoisotopic (exact) mass is 380 g/mol. The first kappa shape index (κ1) is 22.3. The summed E-state index contributed by atoms with van der Waals surface area (Å²) in [6, 6.07) is 6.46. The molecular weight excluding hydrogens is 352 g/mol. The van der Waals surface area contributed by atoms with Gasteiger partial charge in [0, 0.05) is 12.0 Å². The average molecular weight is 380 g/mol. The number of imide groups is 1. The second-order valence-electron chi connectivity index (χ2n) is 6.95. The summed E-state index contributed by atoms with van der Waals surface area (Å²) in [4.78, 5) is 35.3. The van der Waals surface area contributed by atoms with Crippen LogP contribution in [0.3, 0.4) is 0 Å². The van der Waals surface area contributed by atoms with Crippen LogP contribution in [0.25, 0.3) is 0 Å². The molecule has 0 aliphatic carbocycles. The van der Waals surface area contributed by atoms with E-state index in [2.05, 4.69) is 10.6 Å². The maximum atomic E-state index is 11.9. The molecule has 8 heteroatoms. The SMILES string of the molecule is COc1ccc(OCCCC(=O)O[C@@H](C)C(=O)NC(=O)NC(C)(C)C)cc1. The minimum atomic E-state index is -1.06. The van der Waals surface area contributed by atoms with Gasteiger partial charge >= 0.3 is 12.0 Å². The topological polar surface area (TPSA) is 103 Å². The second kappa shape index (κ2) is 10.4. The molecule has 0 aliphatic heterocycles. The molecule has 0 heterocycles. The summed E-state index contributed by atoms with van der Waals surface area (Å²) in [5.74, 6) is 0.183. The summed E-state index contributed by atoms with van der Waals surface area (Å²) >= 11 is 0. The van der Waals surface area contributed by atoms with E-state index in [1.807, 2.05) is 0 Å². The summed E-state index contributed by atoms with van der Waals surface area (Å²) in [7, 11) is 1.58. The Bertz CT molecular complexity index is 637. The van der Waals surface area contributed by atoms with E-state index in [1.54, 1.807) is 52.1 Å². The highest BCUT2D eigenvalue weighted by Gasteiger charge is 2.21. The second-order valence-corrected chi connectivity index (χ2v) is 6.95. The van der Waals surface area contributed by atoms with Crippen molar-refractivity contribution in [3.05, 3.63) is 24.3 Å². The predicted molar refractivity (Wildman–Crippen MR) is 99.7 cm³/mol. The molecule has 0 saturated heterocycles. The Morgan fingerprint density at radius 2 is 1.67 bits per heavy atom. The number of urea groups is 1. The molecule has 0 aliphatic rings. The number of ether oxygens (including phenoxy) is 3. The van der Waals surface area contributed by atoms with Gasteiger partial charge in [-0.05, 0) is 58.4 Å². The van der Waals surface area contributed by atoms with Crippen LogP contribution in [0, 0.1) is 0 Å². The van der Waals surface area contributed by atoms with Gasteiger partial charge in [-0.15, -0.1) is 0 Å². The molecule has 1 aromatic rings. The summed E-state index contributed by atoms with van der Waals surface area (Å²) in [5.41, 5.74) is -0.478. The lowest BCUT2D eigenvalue weighted by molar-refractivity contribution is -0.154. The highest BCUT2D eigenvalue weighted by molar-refractivity contribution is 5.97. The van der Waals surface area contributed by atoms with Gasteiger partial charge in [-0.1, -0.05) is 0 Å². The fraction of sp³-hybridized carbons (Fsp3) is 0.526. The van der Waals surface area contributed by atoms with E-state index in [4.69, 9.17) is 14.2 Å². The van der Waals surface area contributed by atoms with E-state index in [0.29, 0.717) is 18.8 Å². The van der Waals surface area contributed by atoms with E-state index >= 15 is 0 Å². The molecule has 1 rings (SSSR count).